The zero-order chi connectivity index (χ0) is 9.10. The van der Waals surface area contributed by atoms with E-state index in [-0.39, 0.29) is 6.67 Å². The molecule has 0 N–H and O–H groups in total. The average Bonchev–Trinajstić information content (AvgIpc) is 2.71. The van der Waals surface area contributed by atoms with Gasteiger partial charge in [0.2, 0.25) is 0 Å². The van der Waals surface area contributed by atoms with E-state index in [1.807, 2.05) is 0 Å². The van der Waals surface area contributed by atoms with E-state index in [0.29, 0.717) is 12.6 Å². The molecule has 1 saturated heterocycles. The fourth-order valence-corrected chi connectivity index (χ4v) is 2.75. The van der Waals surface area contributed by atoms with Crippen LogP contribution in [0.15, 0.2) is 16.8 Å². The summed E-state index contributed by atoms with van der Waals surface area (Å²) >= 11 is 1.73. The molecule has 1 aliphatic rings. The third-order valence-corrected chi connectivity index (χ3v) is 3.36. The van der Waals surface area contributed by atoms with Crippen molar-refractivity contribution in [1.82, 2.24) is 4.90 Å². The van der Waals surface area contributed by atoms with E-state index in [2.05, 4.69) is 21.7 Å². The molecule has 0 saturated carbocycles. The maximum absolute atomic E-state index is 12.2. The molecule has 0 spiro atoms. The monoisotopic (exact) mass is 199 g/mol. The first-order valence-corrected chi connectivity index (χ1v) is 5.68. The molecule has 1 aromatic rings. The van der Waals surface area contributed by atoms with Gasteiger partial charge in [-0.15, -0.1) is 0 Å². The van der Waals surface area contributed by atoms with Crippen LogP contribution in [0, 0.1) is 0 Å². The molecule has 1 atom stereocenters. The molecular weight excluding hydrogens is 185 g/mol. The van der Waals surface area contributed by atoms with Crippen molar-refractivity contribution in [3.05, 3.63) is 22.4 Å². The fourth-order valence-electron chi connectivity index (χ4n) is 2.04. The minimum absolute atomic E-state index is 0.222. The Morgan fingerprint density at radius 2 is 2.54 bits per heavy atom. The van der Waals surface area contributed by atoms with Crippen LogP contribution >= 0.6 is 11.3 Å². The van der Waals surface area contributed by atoms with Crippen LogP contribution in [0.25, 0.3) is 0 Å². The van der Waals surface area contributed by atoms with Crippen LogP contribution in [-0.4, -0.2) is 24.7 Å². The first-order chi connectivity index (χ1) is 6.42. The SMILES string of the molecule is FCCN1CCCC1c1ccsc1. The van der Waals surface area contributed by atoms with Crippen molar-refractivity contribution in [1.29, 1.82) is 0 Å². The largest absolute Gasteiger partial charge is 0.294 e. The van der Waals surface area contributed by atoms with Gasteiger partial charge in [-0.3, -0.25) is 4.90 Å². The summed E-state index contributed by atoms with van der Waals surface area (Å²) in [5.74, 6) is 0. The second-order valence-electron chi connectivity index (χ2n) is 3.44. The Bertz CT molecular complexity index is 247. The van der Waals surface area contributed by atoms with Crippen LogP contribution in [0.2, 0.25) is 0 Å². The lowest BCUT2D eigenvalue weighted by atomic mass is 10.1. The average molecular weight is 199 g/mol. The molecule has 0 aliphatic carbocycles. The summed E-state index contributed by atoms with van der Waals surface area (Å²) in [7, 11) is 0. The van der Waals surface area contributed by atoms with Gasteiger partial charge in [0.15, 0.2) is 0 Å². The quantitative estimate of drug-likeness (QED) is 0.723. The van der Waals surface area contributed by atoms with Crippen molar-refractivity contribution in [2.24, 2.45) is 0 Å². The predicted molar refractivity (Wildman–Crippen MR) is 53.8 cm³/mol. The minimum atomic E-state index is -0.222. The van der Waals surface area contributed by atoms with Crippen molar-refractivity contribution in [3.8, 4) is 0 Å². The lowest BCUT2D eigenvalue weighted by Gasteiger charge is -2.22. The van der Waals surface area contributed by atoms with E-state index < -0.39 is 0 Å². The molecule has 1 aliphatic heterocycles. The highest BCUT2D eigenvalue weighted by Gasteiger charge is 2.25. The lowest BCUT2D eigenvalue weighted by Crippen LogP contribution is -2.25. The Hall–Kier alpha value is -0.410. The number of halogens is 1. The van der Waals surface area contributed by atoms with Gasteiger partial charge in [-0.1, -0.05) is 0 Å². The third-order valence-electron chi connectivity index (χ3n) is 2.66. The van der Waals surface area contributed by atoms with Gasteiger partial charge < -0.3 is 0 Å². The van der Waals surface area contributed by atoms with Crippen LogP contribution in [0.5, 0.6) is 0 Å². The summed E-state index contributed by atoms with van der Waals surface area (Å²) in [5.41, 5.74) is 1.37. The van der Waals surface area contributed by atoms with E-state index in [0.717, 1.165) is 6.54 Å². The van der Waals surface area contributed by atoms with Gasteiger partial charge in [0, 0.05) is 12.6 Å². The second-order valence-corrected chi connectivity index (χ2v) is 4.22. The van der Waals surface area contributed by atoms with Gasteiger partial charge in [0.1, 0.15) is 6.67 Å². The topological polar surface area (TPSA) is 3.24 Å². The molecule has 1 nitrogen and oxygen atoms in total. The Labute approximate surface area is 82.2 Å². The minimum Gasteiger partial charge on any atom is -0.294 e. The maximum Gasteiger partial charge on any atom is 0.102 e. The highest BCUT2D eigenvalue weighted by molar-refractivity contribution is 7.07. The molecule has 2 rings (SSSR count). The first kappa shape index (κ1) is 9.16. The van der Waals surface area contributed by atoms with Crippen molar-refractivity contribution >= 4 is 11.3 Å². The molecular formula is C10H14FNS. The van der Waals surface area contributed by atoms with Crippen molar-refractivity contribution in [2.75, 3.05) is 19.8 Å². The van der Waals surface area contributed by atoms with Gasteiger partial charge in [-0.25, -0.2) is 4.39 Å². The van der Waals surface area contributed by atoms with E-state index >= 15 is 0 Å². The zero-order valence-electron chi connectivity index (χ0n) is 7.58. The molecule has 0 amide bonds. The molecule has 0 radical (unpaired) electrons. The third kappa shape index (κ3) is 1.92. The normalized spacial score (nSPS) is 23.9. The molecule has 2 heterocycles. The summed E-state index contributed by atoms with van der Waals surface area (Å²) in [4.78, 5) is 2.25. The van der Waals surface area contributed by atoms with E-state index in [1.54, 1.807) is 11.3 Å². The molecule has 0 bridgehead atoms. The Morgan fingerprint density at radius 1 is 1.62 bits per heavy atom. The van der Waals surface area contributed by atoms with Gasteiger partial charge in [-0.2, -0.15) is 11.3 Å². The van der Waals surface area contributed by atoms with E-state index in [1.165, 1.54) is 18.4 Å². The molecule has 0 aromatic carbocycles. The first-order valence-electron chi connectivity index (χ1n) is 4.74. The number of hydrogen-bond acceptors (Lipinski definition) is 2. The van der Waals surface area contributed by atoms with Gasteiger partial charge >= 0.3 is 0 Å². The van der Waals surface area contributed by atoms with Crippen LogP contribution in [0.3, 0.4) is 0 Å². The summed E-state index contributed by atoms with van der Waals surface area (Å²) < 4.78 is 12.2. The zero-order valence-corrected chi connectivity index (χ0v) is 8.39. The highest BCUT2D eigenvalue weighted by Crippen LogP contribution is 2.32. The Balaban J connectivity index is 2.05. The number of alkyl halides is 1. The Kier molecular flexibility index (Phi) is 2.96. The van der Waals surface area contributed by atoms with Gasteiger partial charge in [0.05, 0.1) is 0 Å². The molecule has 1 unspecified atom stereocenters. The standard InChI is InChI=1S/C10H14FNS/c11-4-6-12-5-1-2-10(12)9-3-7-13-8-9/h3,7-8,10H,1-2,4-6H2. The molecule has 1 fully saturated rings. The Morgan fingerprint density at radius 3 is 3.23 bits per heavy atom. The number of hydrogen-bond donors (Lipinski definition) is 0. The smallest absolute Gasteiger partial charge is 0.102 e. The summed E-state index contributed by atoms with van der Waals surface area (Å²) in [6.45, 7) is 1.44. The summed E-state index contributed by atoms with van der Waals surface area (Å²) in [6.07, 6.45) is 2.40. The van der Waals surface area contributed by atoms with Gasteiger partial charge in [-0.05, 0) is 41.8 Å². The molecule has 72 valence electrons. The maximum atomic E-state index is 12.2. The lowest BCUT2D eigenvalue weighted by molar-refractivity contribution is 0.233. The van der Waals surface area contributed by atoms with E-state index in [4.69, 9.17) is 0 Å². The number of rotatable bonds is 3. The van der Waals surface area contributed by atoms with Gasteiger partial charge in [0.25, 0.3) is 0 Å². The van der Waals surface area contributed by atoms with Crippen LogP contribution in [0.4, 0.5) is 4.39 Å². The highest BCUT2D eigenvalue weighted by atomic mass is 32.1. The summed E-state index contributed by atoms with van der Waals surface area (Å²) in [5, 5.41) is 4.28. The molecule has 13 heavy (non-hydrogen) atoms. The molecule has 3 heteroatoms. The molecule has 1 aromatic heterocycles. The number of likely N-dealkylation sites (tertiary alicyclic amines) is 1. The number of nitrogens with zero attached hydrogens (tertiary/aromatic N) is 1. The summed E-state index contributed by atoms with van der Waals surface area (Å²) in [6, 6.07) is 2.65. The van der Waals surface area contributed by atoms with Crippen molar-refractivity contribution in [2.45, 2.75) is 18.9 Å². The predicted octanol–water partition coefficient (Wildman–Crippen LogP) is 2.85. The fraction of sp³-hybridized carbons (Fsp3) is 0.600. The van der Waals surface area contributed by atoms with Crippen LogP contribution < -0.4 is 0 Å². The van der Waals surface area contributed by atoms with Crippen molar-refractivity contribution in [3.63, 3.8) is 0 Å². The van der Waals surface area contributed by atoms with Crippen LogP contribution in [-0.2, 0) is 0 Å². The van der Waals surface area contributed by atoms with Crippen LogP contribution in [0.1, 0.15) is 24.4 Å². The number of thiophene rings is 1. The second kappa shape index (κ2) is 4.20. The van der Waals surface area contributed by atoms with Crippen molar-refractivity contribution < 1.29 is 4.39 Å². The van der Waals surface area contributed by atoms with E-state index in [9.17, 15) is 4.39 Å².